The van der Waals surface area contributed by atoms with Crippen LogP contribution in [-0.4, -0.2) is 10.9 Å². The molecule has 0 aliphatic carbocycles. The minimum absolute atomic E-state index is 0. The fourth-order valence-electron chi connectivity index (χ4n) is 0. The zero-order valence-corrected chi connectivity index (χ0v) is 23.1. The van der Waals surface area contributed by atoms with Crippen LogP contribution in [0.5, 0.6) is 0 Å². The maximum Gasteiger partial charge on any atom is 0.126 e. The normalized spacial score (nSPS) is 5.00. The molecule has 0 rings (SSSR count). The molecular weight excluding hydrogens is 774 g/mol. The molecule has 4 nitrogen and oxygen atoms in total. The number of rotatable bonds is 0. The third-order valence-corrected chi connectivity index (χ3v) is 0. The Labute approximate surface area is 197 Å². The van der Waals surface area contributed by atoms with Crippen molar-refractivity contribution in [2.45, 2.75) is 41.0 Å². The molecule has 10 heteroatoms. The average molecular weight is 798 g/mol. The summed E-state index contributed by atoms with van der Waals surface area (Å²) in [6.07, 6.45) is 1.25. The van der Waals surface area contributed by atoms with Crippen molar-refractivity contribution < 1.29 is 28.6 Å². The van der Waals surface area contributed by atoms with Crippen molar-refractivity contribution in [2.24, 2.45) is 5.90 Å². The summed E-state index contributed by atoms with van der Waals surface area (Å²) in [7, 11) is 0. The van der Waals surface area contributed by atoms with Gasteiger partial charge in [0.05, 0.1) is 6.07 Å². The summed E-state index contributed by atoms with van der Waals surface area (Å²) < 4.78 is 0.743. The van der Waals surface area contributed by atoms with E-state index in [2.05, 4.69) is 92.4 Å². The van der Waals surface area contributed by atoms with E-state index in [4.69, 9.17) is 10.5 Å². The van der Waals surface area contributed by atoms with Crippen molar-refractivity contribution in [2.75, 3.05) is 0 Å². The second-order valence-electron chi connectivity index (χ2n) is 2.09. The molecule has 0 aromatic carbocycles. The van der Waals surface area contributed by atoms with E-state index in [1.807, 2.05) is 22.6 Å². The second-order valence-corrected chi connectivity index (χ2v) is 13.0. The molecule has 0 aliphatic heterocycles. The summed E-state index contributed by atoms with van der Waals surface area (Å²) in [4.78, 5) is 12.7. The van der Waals surface area contributed by atoms with E-state index in [9.17, 15) is 4.79 Å². The van der Waals surface area contributed by atoms with Gasteiger partial charge in [0.2, 0.25) is 0 Å². The van der Waals surface area contributed by atoms with Gasteiger partial charge >= 0.3 is 0 Å². The Morgan fingerprint density at radius 2 is 1.25 bits per heavy atom. The van der Waals surface area contributed by atoms with Crippen molar-refractivity contribution >= 4 is 109 Å². The number of carbonyl (C=O) groups excluding carboxylic acids is 1. The van der Waals surface area contributed by atoms with Gasteiger partial charge in [-0.25, -0.2) is 5.90 Å². The van der Waals surface area contributed by atoms with Crippen LogP contribution in [0.25, 0.3) is 0 Å². The minimum Gasteiger partial charge on any atom is -0.320 e. The van der Waals surface area contributed by atoms with Gasteiger partial charge in [-0.2, -0.15) is 5.26 Å². The van der Waals surface area contributed by atoms with Crippen LogP contribution in [0, 0.1) is 16.3 Å². The van der Waals surface area contributed by atoms with E-state index in [1.54, 1.807) is 6.07 Å². The number of nitrogens with two attached hydrogens (primary N) is 1. The van der Waals surface area contributed by atoms with Crippen LogP contribution in [0.4, 0.5) is 0 Å². The first kappa shape index (κ1) is 49.5. The Morgan fingerprint density at radius 1 is 1.25 bits per heavy atom. The van der Waals surface area contributed by atoms with Gasteiger partial charge in [-0.3, -0.25) is 4.93 Å². The fourth-order valence-corrected chi connectivity index (χ4v) is 0. The number of Topliss-reactive ketones (excluding diaryl/α,β-unsaturated/α-hetero) is 1. The molecule has 20 heavy (non-hydrogen) atoms. The standard InChI is InChI=1S/C3H6O.C3H8.C2H3N.CHI3.CH2I.ClH.H3NO.V/c1-3(2)4;1-3-2;1-2-3;2-1(3)4;1-2;;1-2;/h1-2H3;3H2,1-2H3;1H3;1H;1H2;1H;2H,1H2;/q;;;;-1;;;. The predicted octanol–water partition coefficient (Wildman–Crippen LogP) is 6.08. The van der Waals surface area contributed by atoms with E-state index in [0.717, 1.165) is -0.0619 Å². The number of halogens is 5. The van der Waals surface area contributed by atoms with Crippen molar-refractivity contribution in [1.29, 1.82) is 5.26 Å². The number of hydrogen-bond donors (Lipinski definition) is 2. The van der Waals surface area contributed by atoms with Gasteiger partial charge in [-0.05, 0) is 13.8 Å². The topological polar surface area (TPSA) is 87.1 Å². The summed E-state index contributed by atoms with van der Waals surface area (Å²) in [5, 5.41) is 13.8. The Hall–Kier alpha value is 2.87. The third-order valence-electron chi connectivity index (χ3n) is 0. The van der Waals surface area contributed by atoms with Gasteiger partial charge in [0, 0.05) is 25.5 Å². The molecule has 0 bridgehead atoms. The third kappa shape index (κ3) is 998. The average Bonchev–Trinajstić information content (AvgIpc) is 2.23. The molecule has 0 fully saturated rings. The van der Waals surface area contributed by atoms with Crippen LogP contribution in [0.3, 0.4) is 0 Å². The molecule has 0 aromatic heterocycles. The van der Waals surface area contributed by atoms with E-state index >= 15 is 0 Å². The molecule has 1 radical (unpaired) electrons. The SMILES string of the molecule is CC#N.CC(C)=O.CCC.Cl.IC(I)I.NO.[CH2-]I.[V]. The van der Waals surface area contributed by atoms with E-state index < -0.39 is 0 Å². The van der Waals surface area contributed by atoms with E-state index in [0.29, 0.717) is 0 Å². The first-order valence-corrected chi connectivity index (χ1v) is 9.78. The number of hydrogen-bond acceptors (Lipinski definition) is 4. The van der Waals surface area contributed by atoms with Crippen molar-refractivity contribution in [3.05, 3.63) is 4.93 Å². The summed E-state index contributed by atoms with van der Waals surface area (Å²) in [5.41, 5.74) is 0. The predicted molar refractivity (Wildman–Crippen MR) is 122 cm³/mol. The number of nitriles is 1. The second kappa shape index (κ2) is 80.6. The van der Waals surface area contributed by atoms with Gasteiger partial charge in [0.1, 0.15) is 5.72 Å². The molecule has 0 atom stereocenters. The largest absolute Gasteiger partial charge is 0.320 e. The Balaban J connectivity index is -0.0000000144. The summed E-state index contributed by atoms with van der Waals surface area (Å²) >= 11 is 8.85. The van der Waals surface area contributed by atoms with Gasteiger partial charge < -0.3 is 32.6 Å². The van der Waals surface area contributed by atoms with Gasteiger partial charge in [0.25, 0.3) is 0 Å². The smallest absolute Gasteiger partial charge is 0.126 e. The van der Waals surface area contributed by atoms with Crippen LogP contribution < -0.4 is 5.90 Å². The number of ketones is 1. The molecule has 0 saturated heterocycles. The Kier molecular flexibility index (Phi) is 199. The monoisotopic (exact) mass is 798 g/mol. The molecule has 0 amide bonds. The molecular formula is C10H24ClI4N2O2V-. The molecule has 3 N–H and O–H groups in total. The van der Waals surface area contributed by atoms with Crippen LogP contribution in [0.15, 0.2) is 0 Å². The Bertz CT molecular complexity index is 147. The number of carbonyl (C=O) groups is 1. The van der Waals surface area contributed by atoms with Crippen LogP contribution in [0.1, 0.15) is 41.0 Å². The quantitative estimate of drug-likeness (QED) is 0.135. The first-order valence-electron chi connectivity index (χ1n) is 4.52. The maximum atomic E-state index is 9.44. The molecule has 127 valence electrons. The molecule has 0 aliphatic rings. The van der Waals surface area contributed by atoms with E-state index in [-0.39, 0.29) is 36.7 Å². The Morgan fingerprint density at radius 3 is 1.25 bits per heavy atom. The number of nitrogens with zero attached hydrogens (tertiary/aromatic N) is 1. The molecule has 0 saturated carbocycles. The zero-order valence-electron chi connectivity index (χ0n) is 12.2. The van der Waals surface area contributed by atoms with Crippen molar-refractivity contribution in [1.82, 2.24) is 0 Å². The van der Waals surface area contributed by atoms with Gasteiger partial charge in [-0.15, -0.1) is 12.4 Å². The van der Waals surface area contributed by atoms with Gasteiger partial charge in [-0.1, -0.05) is 88.0 Å². The summed E-state index contributed by atoms with van der Waals surface area (Å²) in [5.74, 6) is 3.67. The summed E-state index contributed by atoms with van der Waals surface area (Å²) in [6, 6.07) is 1.75. The fraction of sp³-hybridized carbons (Fsp3) is 0.700. The van der Waals surface area contributed by atoms with Crippen LogP contribution in [-0.2, 0) is 23.4 Å². The minimum atomic E-state index is 0. The molecule has 0 spiro atoms. The van der Waals surface area contributed by atoms with E-state index in [1.165, 1.54) is 27.2 Å². The maximum absolute atomic E-state index is 9.44. The summed E-state index contributed by atoms with van der Waals surface area (Å²) in [6.45, 7) is 8.74. The molecule has 0 unspecified atom stereocenters. The van der Waals surface area contributed by atoms with Crippen LogP contribution >= 0.6 is 103 Å². The zero-order chi connectivity index (χ0) is 16.6. The molecule has 0 aromatic rings. The van der Waals surface area contributed by atoms with Crippen molar-refractivity contribution in [3.63, 3.8) is 0 Å². The van der Waals surface area contributed by atoms with Crippen LogP contribution in [0.2, 0.25) is 0 Å². The number of alkyl halides is 3. The first-order chi connectivity index (χ1) is 8.29. The van der Waals surface area contributed by atoms with Gasteiger partial charge in [0.15, 0.2) is 0 Å². The molecule has 0 heterocycles. The van der Waals surface area contributed by atoms with Crippen molar-refractivity contribution in [3.8, 4) is 6.07 Å².